The number of rotatable bonds is 4. The van der Waals surface area contributed by atoms with E-state index in [1.165, 1.54) is 41.5 Å². The number of fused-ring (bicyclic) bond motifs is 1. The number of thiazole rings is 1. The molecule has 0 radical (unpaired) electrons. The summed E-state index contributed by atoms with van der Waals surface area (Å²) in [5, 5.41) is 11.4. The predicted molar refractivity (Wildman–Crippen MR) is 129 cm³/mol. The molecule has 1 N–H and O–H groups in total. The fraction of sp³-hybridized carbons (Fsp3) is 0.115. The van der Waals surface area contributed by atoms with Crippen molar-refractivity contribution in [2.24, 2.45) is 0 Å². The molecule has 170 valence electrons. The summed E-state index contributed by atoms with van der Waals surface area (Å²) in [5.74, 6) is -2.35. The van der Waals surface area contributed by atoms with Gasteiger partial charge in [-0.05, 0) is 42.8 Å². The predicted octanol–water partition coefficient (Wildman–Crippen LogP) is 5.38. The summed E-state index contributed by atoms with van der Waals surface area (Å²) in [7, 11) is 1.48. The quantitative estimate of drug-likeness (QED) is 0.244. The van der Waals surface area contributed by atoms with Gasteiger partial charge >= 0.3 is 5.91 Å². The number of aromatic nitrogens is 1. The second kappa shape index (κ2) is 8.39. The van der Waals surface area contributed by atoms with Gasteiger partial charge in [-0.1, -0.05) is 47.7 Å². The molecule has 5 rings (SSSR count). The zero-order valence-corrected chi connectivity index (χ0v) is 19.1. The van der Waals surface area contributed by atoms with Gasteiger partial charge in [0.15, 0.2) is 5.13 Å². The first-order valence-electron chi connectivity index (χ1n) is 10.5. The lowest BCUT2D eigenvalue weighted by atomic mass is 9.95. The Hall–Kier alpha value is -4.04. The number of methoxy groups -OCH3 is 1. The Morgan fingerprint density at radius 3 is 2.65 bits per heavy atom. The molecule has 0 saturated carbocycles. The van der Waals surface area contributed by atoms with E-state index in [4.69, 9.17) is 4.74 Å². The lowest BCUT2D eigenvalue weighted by Gasteiger charge is -2.23. The monoisotopic (exact) mass is 474 g/mol. The van der Waals surface area contributed by atoms with E-state index < -0.39 is 29.3 Å². The number of ketones is 1. The number of hydrogen-bond acceptors (Lipinski definition) is 6. The summed E-state index contributed by atoms with van der Waals surface area (Å²) in [5.41, 5.74) is 1.83. The van der Waals surface area contributed by atoms with Crippen molar-refractivity contribution in [2.75, 3.05) is 12.0 Å². The number of aliphatic hydroxyl groups excluding tert-OH is 1. The number of nitrogens with zero attached hydrogens (tertiary/aromatic N) is 2. The molecule has 1 aliphatic rings. The van der Waals surface area contributed by atoms with Crippen LogP contribution in [0.5, 0.6) is 5.75 Å². The van der Waals surface area contributed by atoms with Crippen molar-refractivity contribution in [3.8, 4) is 5.75 Å². The van der Waals surface area contributed by atoms with Gasteiger partial charge in [0.2, 0.25) is 0 Å². The molecule has 6 nitrogen and oxygen atoms in total. The molecule has 8 heteroatoms. The number of aliphatic hydroxyl groups is 1. The Morgan fingerprint density at radius 1 is 1.09 bits per heavy atom. The third-order valence-electron chi connectivity index (χ3n) is 5.73. The highest BCUT2D eigenvalue weighted by molar-refractivity contribution is 7.22. The number of carbonyl (C=O) groups excluding carboxylic acids is 2. The minimum absolute atomic E-state index is 0.0848. The fourth-order valence-corrected chi connectivity index (χ4v) is 5.16. The van der Waals surface area contributed by atoms with Gasteiger partial charge in [0.05, 0.1) is 22.9 Å². The van der Waals surface area contributed by atoms with Crippen molar-refractivity contribution in [1.82, 2.24) is 4.98 Å². The SMILES string of the molecule is COc1cccc(C(O)=C2C(=O)C(=O)N(c3nc4ccc(C)cc4s3)C2c2ccccc2F)c1. The van der Waals surface area contributed by atoms with E-state index in [1.807, 2.05) is 25.1 Å². The van der Waals surface area contributed by atoms with E-state index in [9.17, 15) is 14.7 Å². The molecule has 1 unspecified atom stereocenters. The van der Waals surface area contributed by atoms with E-state index in [2.05, 4.69) is 4.98 Å². The zero-order valence-electron chi connectivity index (χ0n) is 18.3. The highest BCUT2D eigenvalue weighted by atomic mass is 32.1. The van der Waals surface area contributed by atoms with Gasteiger partial charge in [0.1, 0.15) is 23.4 Å². The topological polar surface area (TPSA) is 79.7 Å². The first-order chi connectivity index (χ1) is 16.4. The molecular formula is C26H19FN2O4S. The van der Waals surface area contributed by atoms with Crippen molar-refractivity contribution in [2.45, 2.75) is 13.0 Å². The van der Waals surface area contributed by atoms with Crippen LogP contribution >= 0.6 is 11.3 Å². The average molecular weight is 475 g/mol. The second-order valence-electron chi connectivity index (χ2n) is 7.89. The number of Topliss-reactive ketones (excluding diaryl/α,β-unsaturated/α-hetero) is 1. The number of aryl methyl sites for hydroxylation is 1. The van der Waals surface area contributed by atoms with E-state index in [-0.39, 0.29) is 21.8 Å². The number of benzene rings is 3. The zero-order chi connectivity index (χ0) is 24.0. The Morgan fingerprint density at radius 2 is 1.88 bits per heavy atom. The Kier molecular flexibility index (Phi) is 5.37. The molecule has 0 bridgehead atoms. The standard InChI is InChI=1S/C26H19FN2O4S/c1-14-10-11-19-20(12-14)34-26(28-19)29-22(17-8-3-4-9-18(17)27)21(24(31)25(29)32)23(30)15-6-5-7-16(13-15)33-2/h3-13,22,30H,1-2H3. The Bertz CT molecular complexity index is 1490. The maximum atomic E-state index is 15.0. The molecule has 1 fully saturated rings. The first-order valence-corrected chi connectivity index (χ1v) is 11.3. The molecule has 1 aliphatic heterocycles. The summed E-state index contributed by atoms with van der Waals surface area (Å²) in [6.07, 6.45) is 0. The van der Waals surface area contributed by atoms with Gasteiger partial charge in [-0.15, -0.1) is 0 Å². The highest BCUT2D eigenvalue weighted by Gasteiger charge is 2.49. The molecule has 0 aliphatic carbocycles. The van der Waals surface area contributed by atoms with Gasteiger partial charge in [-0.2, -0.15) is 0 Å². The van der Waals surface area contributed by atoms with E-state index in [0.29, 0.717) is 11.3 Å². The van der Waals surface area contributed by atoms with Gasteiger partial charge < -0.3 is 9.84 Å². The van der Waals surface area contributed by atoms with Crippen LogP contribution in [-0.2, 0) is 9.59 Å². The maximum absolute atomic E-state index is 15.0. The van der Waals surface area contributed by atoms with Crippen LogP contribution in [0.1, 0.15) is 22.7 Å². The van der Waals surface area contributed by atoms with Crippen molar-refractivity contribution < 1.29 is 23.8 Å². The Labute approximate surface area is 198 Å². The molecule has 0 spiro atoms. The first kappa shape index (κ1) is 21.8. The van der Waals surface area contributed by atoms with Crippen LogP contribution < -0.4 is 9.64 Å². The minimum atomic E-state index is -1.19. The van der Waals surface area contributed by atoms with E-state index >= 15 is 4.39 Å². The van der Waals surface area contributed by atoms with Crippen molar-refractivity contribution >= 4 is 44.1 Å². The normalized spacial score (nSPS) is 17.5. The third kappa shape index (κ3) is 3.52. The molecule has 1 aromatic heterocycles. The third-order valence-corrected chi connectivity index (χ3v) is 6.74. The van der Waals surface area contributed by atoms with Crippen LogP contribution in [0.3, 0.4) is 0 Å². The largest absolute Gasteiger partial charge is 0.507 e. The average Bonchev–Trinajstić information content (AvgIpc) is 3.36. The van der Waals surface area contributed by atoms with Crippen molar-refractivity contribution in [1.29, 1.82) is 0 Å². The van der Waals surface area contributed by atoms with Crippen molar-refractivity contribution in [3.63, 3.8) is 0 Å². The second-order valence-corrected chi connectivity index (χ2v) is 8.90. The smallest absolute Gasteiger partial charge is 0.301 e. The summed E-state index contributed by atoms with van der Waals surface area (Å²) in [4.78, 5) is 32.2. The van der Waals surface area contributed by atoms with Gasteiger partial charge in [-0.3, -0.25) is 14.5 Å². The molecule has 1 saturated heterocycles. The number of carbonyl (C=O) groups is 2. The number of hydrogen-bond donors (Lipinski definition) is 1. The minimum Gasteiger partial charge on any atom is -0.507 e. The van der Waals surface area contributed by atoms with Crippen LogP contribution in [0.2, 0.25) is 0 Å². The maximum Gasteiger partial charge on any atom is 0.301 e. The number of halogens is 1. The van der Waals surface area contributed by atoms with Crippen LogP contribution in [0.15, 0.2) is 72.3 Å². The molecule has 1 atom stereocenters. The molecule has 1 amide bonds. The van der Waals surface area contributed by atoms with Crippen LogP contribution in [0.25, 0.3) is 16.0 Å². The van der Waals surface area contributed by atoms with Gasteiger partial charge in [-0.25, -0.2) is 9.37 Å². The Balaban J connectivity index is 1.75. The molecule has 4 aromatic rings. The molecule has 2 heterocycles. The number of amides is 1. The summed E-state index contributed by atoms with van der Waals surface area (Å²) in [6.45, 7) is 1.94. The molecular weight excluding hydrogens is 455 g/mol. The van der Waals surface area contributed by atoms with Gasteiger partial charge in [0, 0.05) is 11.1 Å². The van der Waals surface area contributed by atoms with Crippen LogP contribution in [-0.4, -0.2) is 28.9 Å². The van der Waals surface area contributed by atoms with E-state index in [1.54, 1.807) is 30.3 Å². The lowest BCUT2D eigenvalue weighted by Crippen LogP contribution is -2.29. The van der Waals surface area contributed by atoms with Gasteiger partial charge in [0.25, 0.3) is 5.78 Å². The summed E-state index contributed by atoms with van der Waals surface area (Å²) in [6, 6.07) is 16.8. The fourth-order valence-electron chi connectivity index (χ4n) is 4.07. The number of anilines is 1. The lowest BCUT2D eigenvalue weighted by molar-refractivity contribution is -0.132. The highest BCUT2D eigenvalue weighted by Crippen LogP contribution is 2.45. The molecule has 3 aromatic carbocycles. The number of ether oxygens (including phenoxy) is 1. The van der Waals surface area contributed by atoms with Crippen LogP contribution in [0, 0.1) is 12.7 Å². The summed E-state index contributed by atoms with van der Waals surface area (Å²) < 4.78 is 21.1. The van der Waals surface area contributed by atoms with Crippen molar-refractivity contribution in [3.05, 3.63) is 94.8 Å². The molecule has 34 heavy (non-hydrogen) atoms. The summed E-state index contributed by atoms with van der Waals surface area (Å²) >= 11 is 1.23. The van der Waals surface area contributed by atoms with Crippen LogP contribution in [0.4, 0.5) is 9.52 Å². The van der Waals surface area contributed by atoms with E-state index in [0.717, 1.165) is 10.3 Å².